The van der Waals surface area contributed by atoms with Gasteiger partial charge in [-0.2, -0.15) is 8.42 Å². The first-order valence-electron chi connectivity index (χ1n) is 10.4. The third-order valence-corrected chi connectivity index (χ3v) is 6.96. The number of halogens is 2. The molecule has 0 fully saturated rings. The molecule has 3 N–H and O–H groups in total. The highest BCUT2D eigenvalue weighted by Crippen LogP contribution is 2.35. The summed E-state index contributed by atoms with van der Waals surface area (Å²) in [6.45, 7) is 1.53. The van der Waals surface area contributed by atoms with E-state index < -0.39 is 15.8 Å². The van der Waals surface area contributed by atoms with Gasteiger partial charge in [0.2, 0.25) is 0 Å². The third kappa shape index (κ3) is 4.39. The number of benzene rings is 2. The number of anilines is 3. The molecule has 0 radical (unpaired) electrons. The van der Waals surface area contributed by atoms with Crippen LogP contribution in [-0.2, 0) is 16.6 Å². The Kier molecular flexibility index (Phi) is 5.79. The summed E-state index contributed by atoms with van der Waals surface area (Å²) in [7, 11) is -4.13. The van der Waals surface area contributed by atoms with Crippen LogP contribution in [0.4, 0.5) is 21.7 Å². The van der Waals surface area contributed by atoms with Gasteiger partial charge in [0.05, 0.1) is 23.0 Å². The summed E-state index contributed by atoms with van der Waals surface area (Å²) in [6.07, 6.45) is 0. The fourth-order valence-electron chi connectivity index (χ4n) is 3.69. The van der Waals surface area contributed by atoms with Gasteiger partial charge in [0.15, 0.2) is 10.6 Å². The van der Waals surface area contributed by atoms with Crippen LogP contribution in [0.15, 0.2) is 70.1 Å². The van der Waals surface area contributed by atoms with E-state index in [1.165, 1.54) is 36.4 Å². The molecule has 35 heavy (non-hydrogen) atoms. The minimum atomic E-state index is -4.13. The maximum Gasteiger partial charge on any atom is 0.280 e. The Labute approximate surface area is 204 Å². The minimum Gasteiger partial charge on any atom is -0.455 e. The van der Waals surface area contributed by atoms with Crippen LogP contribution < -0.4 is 10.0 Å². The van der Waals surface area contributed by atoms with Crippen LogP contribution in [0.3, 0.4) is 0 Å². The molecule has 8 nitrogen and oxygen atoms in total. The van der Waals surface area contributed by atoms with E-state index in [1.807, 2.05) is 0 Å². The van der Waals surface area contributed by atoms with E-state index in [0.29, 0.717) is 28.0 Å². The minimum absolute atomic E-state index is 0.00269. The first-order chi connectivity index (χ1) is 16.7. The lowest BCUT2D eigenvalue weighted by Gasteiger charge is -2.12. The van der Waals surface area contributed by atoms with Gasteiger partial charge in [-0.05, 0) is 61.0 Å². The molecule has 1 aromatic carbocycles. The predicted molar refractivity (Wildman–Crippen MR) is 131 cm³/mol. The maximum atomic E-state index is 13.8. The van der Waals surface area contributed by atoms with Gasteiger partial charge in [-0.15, -0.1) is 0 Å². The zero-order chi connectivity index (χ0) is 24.7. The highest BCUT2D eigenvalue weighted by Gasteiger charge is 2.21. The number of aliphatic hydroxyl groups excluding tert-OH is 1. The number of aromatic nitrogens is 2. The van der Waals surface area contributed by atoms with Crippen molar-refractivity contribution in [2.75, 3.05) is 10.0 Å². The van der Waals surface area contributed by atoms with E-state index in [0.717, 1.165) is 5.56 Å². The molecule has 0 amide bonds. The molecule has 0 saturated carbocycles. The Hall–Kier alpha value is -3.73. The zero-order valence-corrected chi connectivity index (χ0v) is 19.8. The highest BCUT2D eigenvalue weighted by atomic mass is 35.5. The Morgan fingerprint density at radius 3 is 2.63 bits per heavy atom. The predicted octanol–water partition coefficient (Wildman–Crippen LogP) is 5.47. The molecule has 0 aliphatic carbocycles. The van der Waals surface area contributed by atoms with Crippen LogP contribution in [0.5, 0.6) is 0 Å². The summed E-state index contributed by atoms with van der Waals surface area (Å²) in [5.41, 5.74) is 3.56. The van der Waals surface area contributed by atoms with E-state index in [-0.39, 0.29) is 34.0 Å². The second-order valence-corrected chi connectivity index (χ2v) is 9.79. The van der Waals surface area contributed by atoms with Gasteiger partial charge in [-0.25, -0.2) is 14.4 Å². The number of aliphatic hydroxyl groups is 1. The molecule has 178 valence electrons. The van der Waals surface area contributed by atoms with Gasteiger partial charge in [0.1, 0.15) is 23.0 Å². The Morgan fingerprint density at radius 1 is 1.03 bits per heavy atom. The molecule has 5 aromatic rings. The number of pyridine rings is 2. The third-order valence-electron chi connectivity index (χ3n) is 5.40. The molecule has 4 aromatic heterocycles. The quantitative estimate of drug-likeness (QED) is 0.265. The lowest BCUT2D eigenvalue weighted by Crippen LogP contribution is -2.16. The van der Waals surface area contributed by atoms with E-state index in [9.17, 15) is 17.9 Å². The SMILES string of the molecule is Cc1ccc(F)cc1-c1nc(NS(=O)(=O)c2cccc(Nc3c(CO)c4ccc3o4)n2)ccc1Cl. The fourth-order valence-corrected chi connectivity index (χ4v) is 4.87. The number of nitrogens with zero attached hydrogens (tertiary/aromatic N) is 2. The van der Waals surface area contributed by atoms with Gasteiger partial charge in [0.25, 0.3) is 10.0 Å². The molecule has 0 atom stereocenters. The van der Waals surface area contributed by atoms with Gasteiger partial charge in [-0.1, -0.05) is 23.7 Å². The average molecular weight is 513 g/mol. The number of nitrogens with one attached hydrogen (secondary N) is 2. The monoisotopic (exact) mass is 512 g/mol. The summed E-state index contributed by atoms with van der Waals surface area (Å²) in [6, 6.07) is 15.0. The maximum absolute atomic E-state index is 13.8. The van der Waals surface area contributed by atoms with Gasteiger partial charge < -0.3 is 14.8 Å². The lowest BCUT2D eigenvalue weighted by molar-refractivity contribution is 0.283. The second kappa shape index (κ2) is 8.81. The van der Waals surface area contributed by atoms with E-state index in [1.54, 1.807) is 31.2 Å². The van der Waals surface area contributed by atoms with Crippen LogP contribution in [0.2, 0.25) is 5.02 Å². The number of fused-ring (bicyclic) bond motifs is 2. The standard InChI is InChI=1S/C24H18ClFN4O4S/c1-13-5-6-14(26)11-15(13)23-17(25)7-10-21(29-23)30-35(32,33)22-4-2-3-20(27-22)28-24-16(12-31)18-8-9-19(24)34-18/h2-11,31H,12H2,1H3,(H,27,28)(H,29,30). The Morgan fingerprint density at radius 2 is 1.83 bits per heavy atom. The molecule has 2 bridgehead atoms. The number of sulfonamides is 1. The van der Waals surface area contributed by atoms with Crippen molar-refractivity contribution in [3.05, 3.63) is 82.6 Å². The molecule has 0 unspecified atom stereocenters. The van der Waals surface area contributed by atoms with E-state index in [4.69, 9.17) is 16.0 Å². The van der Waals surface area contributed by atoms with Crippen LogP contribution in [0.25, 0.3) is 22.4 Å². The van der Waals surface area contributed by atoms with Crippen LogP contribution in [0, 0.1) is 12.7 Å². The van der Waals surface area contributed by atoms with Gasteiger partial charge in [-0.3, -0.25) is 4.72 Å². The number of rotatable bonds is 7. The van der Waals surface area contributed by atoms with Crippen LogP contribution in [-0.4, -0.2) is 23.5 Å². The molecule has 0 spiro atoms. The molecule has 0 aliphatic rings. The zero-order valence-electron chi connectivity index (χ0n) is 18.2. The summed E-state index contributed by atoms with van der Waals surface area (Å²) in [5, 5.41) is 12.6. The molecule has 5 rings (SSSR count). The Balaban J connectivity index is 1.44. The average Bonchev–Trinajstić information content (AvgIpc) is 3.44. The molecular formula is C24H18ClFN4O4S. The molecule has 11 heteroatoms. The largest absolute Gasteiger partial charge is 0.455 e. The summed E-state index contributed by atoms with van der Waals surface area (Å²) < 4.78 is 47.9. The van der Waals surface area contributed by atoms with E-state index in [2.05, 4.69) is 20.0 Å². The summed E-state index contributed by atoms with van der Waals surface area (Å²) in [5.74, 6) is -0.223. The van der Waals surface area contributed by atoms with Crippen molar-refractivity contribution < 1.29 is 22.3 Å². The molecule has 4 heterocycles. The number of furan rings is 2. The summed E-state index contributed by atoms with van der Waals surface area (Å²) in [4.78, 5) is 8.51. The highest BCUT2D eigenvalue weighted by molar-refractivity contribution is 7.92. The van der Waals surface area contributed by atoms with Gasteiger partial charge in [0, 0.05) is 11.1 Å². The van der Waals surface area contributed by atoms with Crippen molar-refractivity contribution in [1.29, 1.82) is 0 Å². The van der Waals surface area contributed by atoms with Crippen molar-refractivity contribution in [1.82, 2.24) is 9.97 Å². The second-order valence-electron chi connectivity index (χ2n) is 7.75. The first-order valence-corrected chi connectivity index (χ1v) is 12.3. The number of aryl methyl sites for hydroxylation is 1. The molecule has 0 saturated heterocycles. The molecular weight excluding hydrogens is 495 g/mol. The summed E-state index contributed by atoms with van der Waals surface area (Å²) >= 11 is 6.27. The van der Waals surface area contributed by atoms with Crippen molar-refractivity contribution in [3.8, 4) is 11.3 Å². The van der Waals surface area contributed by atoms with E-state index >= 15 is 0 Å². The van der Waals surface area contributed by atoms with Gasteiger partial charge >= 0.3 is 0 Å². The number of hydrogen-bond acceptors (Lipinski definition) is 7. The van der Waals surface area contributed by atoms with Crippen molar-refractivity contribution in [2.45, 2.75) is 18.6 Å². The van der Waals surface area contributed by atoms with Crippen molar-refractivity contribution in [2.24, 2.45) is 0 Å². The molecule has 0 aliphatic heterocycles. The number of hydrogen-bond donors (Lipinski definition) is 3. The topological polar surface area (TPSA) is 117 Å². The smallest absolute Gasteiger partial charge is 0.280 e. The van der Waals surface area contributed by atoms with Crippen LogP contribution in [0.1, 0.15) is 11.1 Å². The lowest BCUT2D eigenvalue weighted by atomic mass is 10.0. The first kappa shape index (κ1) is 23.0. The van der Waals surface area contributed by atoms with Crippen molar-refractivity contribution in [3.63, 3.8) is 0 Å². The van der Waals surface area contributed by atoms with Crippen molar-refractivity contribution >= 4 is 50.1 Å². The fraction of sp³-hybridized carbons (Fsp3) is 0.0833. The van der Waals surface area contributed by atoms with Crippen LogP contribution >= 0.6 is 11.6 Å². The Bertz CT molecular complexity index is 1660. The normalized spacial score (nSPS) is 11.8.